The predicted octanol–water partition coefficient (Wildman–Crippen LogP) is 1.52. The number of nitrogens with zero attached hydrogens (tertiary/aromatic N) is 1. The lowest BCUT2D eigenvalue weighted by Gasteiger charge is -2.09. The molecular formula is C9H9F2NO4. The number of hydrogen-bond acceptors (Lipinski definition) is 5. The summed E-state index contributed by atoms with van der Waals surface area (Å²) in [6.07, 6.45) is -2.97. The summed E-state index contributed by atoms with van der Waals surface area (Å²) >= 11 is 0. The van der Waals surface area contributed by atoms with Crippen molar-refractivity contribution in [1.29, 1.82) is 0 Å². The van der Waals surface area contributed by atoms with E-state index >= 15 is 0 Å². The first-order valence-corrected chi connectivity index (χ1v) is 4.15. The van der Waals surface area contributed by atoms with Crippen molar-refractivity contribution >= 4 is 5.97 Å². The van der Waals surface area contributed by atoms with Gasteiger partial charge in [0.2, 0.25) is 0 Å². The van der Waals surface area contributed by atoms with Crippen molar-refractivity contribution in [2.45, 2.75) is 6.43 Å². The number of hydrogen-bond donors (Lipinski definition) is 1. The van der Waals surface area contributed by atoms with Crippen molar-refractivity contribution in [2.75, 3.05) is 14.2 Å². The second-order valence-electron chi connectivity index (χ2n) is 2.74. The fraction of sp³-hybridized carbons (Fsp3) is 0.333. The Morgan fingerprint density at radius 1 is 1.50 bits per heavy atom. The Morgan fingerprint density at radius 2 is 2.12 bits per heavy atom. The number of aromatic nitrogens is 1. The van der Waals surface area contributed by atoms with Gasteiger partial charge in [0.25, 0.3) is 12.3 Å². The van der Waals surface area contributed by atoms with Crippen molar-refractivity contribution in [2.24, 2.45) is 0 Å². The third kappa shape index (κ3) is 2.18. The molecule has 0 bridgehead atoms. The number of carbonyl (C=O) groups is 1. The molecule has 0 aromatic carbocycles. The van der Waals surface area contributed by atoms with Gasteiger partial charge in [0.15, 0.2) is 5.75 Å². The number of pyridine rings is 1. The van der Waals surface area contributed by atoms with E-state index in [1.807, 2.05) is 0 Å². The van der Waals surface area contributed by atoms with E-state index in [9.17, 15) is 18.7 Å². The van der Waals surface area contributed by atoms with Crippen LogP contribution in [0.5, 0.6) is 11.6 Å². The molecule has 0 spiro atoms. The molecule has 0 saturated heterocycles. The molecule has 0 saturated carbocycles. The highest BCUT2D eigenvalue weighted by molar-refractivity contribution is 5.91. The molecule has 7 heteroatoms. The number of halogens is 2. The molecule has 1 aromatic rings. The summed E-state index contributed by atoms with van der Waals surface area (Å²) in [5.74, 6) is -1.88. The van der Waals surface area contributed by atoms with E-state index in [2.05, 4.69) is 14.5 Å². The van der Waals surface area contributed by atoms with Crippen LogP contribution >= 0.6 is 0 Å². The van der Waals surface area contributed by atoms with E-state index < -0.39 is 29.4 Å². The minimum absolute atomic E-state index is 0.372. The molecule has 0 unspecified atom stereocenters. The lowest BCUT2D eigenvalue weighted by Crippen LogP contribution is -2.09. The zero-order chi connectivity index (χ0) is 12.3. The first-order valence-electron chi connectivity index (χ1n) is 4.15. The summed E-state index contributed by atoms with van der Waals surface area (Å²) < 4.78 is 34.0. The van der Waals surface area contributed by atoms with Crippen molar-refractivity contribution in [3.63, 3.8) is 0 Å². The Kier molecular flexibility index (Phi) is 3.60. The number of ether oxygens (including phenoxy) is 2. The Hall–Kier alpha value is -1.92. The molecule has 0 radical (unpaired) electrons. The maximum Gasteiger partial charge on any atom is 0.340 e. The summed E-state index contributed by atoms with van der Waals surface area (Å²) in [4.78, 5) is 14.5. The van der Waals surface area contributed by atoms with Gasteiger partial charge in [-0.15, -0.1) is 0 Å². The van der Waals surface area contributed by atoms with Crippen LogP contribution in [0.2, 0.25) is 0 Å². The zero-order valence-corrected chi connectivity index (χ0v) is 8.53. The maximum absolute atomic E-state index is 12.6. The first kappa shape index (κ1) is 12.2. The molecular weight excluding hydrogens is 224 g/mol. The fourth-order valence-corrected chi connectivity index (χ4v) is 1.09. The minimum atomic E-state index is -2.97. The van der Waals surface area contributed by atoms with Crippen LogP contribution in [0.15, 0.2) is 6.07 Å². The summed E-state index contributed by atoms with van der Waals surface area (Å²) in [7, 11) is 2.20. The van der Waals surface area contributed by atoms with Crippen LogP contribution in [0.1, 0.15) is 22.5 Å². The van der Waals surface area contributed by atoms with E-state index in [1.165, 1.54) is 0 Å². The molecule has 0 amide bonds. The van der Waals surface area contributed by atoms with Gasteiger partial charge in [-0.1, -0.05) is 0 Å². The number of rotatable bonds is 3. The van der Waals surface area contributed by atoms with Crippen LogP contribution in [-0.2, 0) is 4.74 Å². The normalized spacial score (nSPS) is 10.3. The van der Waals surface area contributed by atoms with Gasteiger partial charge in [-0.05, 0) is 0 Å². The van der Waals surface area contributed by atoms with Gasteiger partial charge in [0.05, 0.1) is 19.8 Å². The fourth-order valence-electron chi connectivity index (χ4n) is 1.09. The molecule has 5 nitrogen and oxygen atoms in total. The largest absolute Gasteiger partial charge is 0.503 e. The smallest absolute Gasteiger partial charge is 0.340 e. The van der Waals surface area contributed by atoms with Crippen LogP contribution in [0.4, 0.5) is 8.78 Å². The molecule has 0 aliphatic carbocycles. The van der Waals surface area contributed by atoms with Crippen molar-refractivity contribution in [1.82, 2.24) is 4.98 Å². The lowest BCUT2D eigenvalue weighted by molar-refractivity contribution is 0.0586. The molecule has 0 aliphatic rings. The van der Waals surface area contributed by atoms with Gasteiger partial charge in [-0.2, -0.15) is 0 Å². The summed E-state index contributed by atoms with van der Waals surface area (Å²) in [6.45, 7) is 0. The second kappa shape index (κ2) is 4.73. The Bertz CT molecular complexity index is 409. The van der Waals surface area contributed by atoms with Crippen molar-refractivity contribution in [3.05, 3.63) is 17.3 Å². The standard InChI is InChI=1S/C9H9F2NO4/c1-15-8-5(13)3-4(9(14)16-2)6(12-8)7(10)11/h3,7,13H,1-2H3. The number of esters is 1. The van der Waals surface area contributed by atoms with Gasteiger partial charge in [-0.25, -0.2) is 18.6 Å². The molecule has 1 aromatic heterocycles. The molecule has 1 rings (SSSR count). The monoisotopic (exact) mass is 233 g/mol. The van der Waals surface area contributed by atoms with E-state index in [-0.39, 0.29) is 5.88 Å². The molecule has 1 heterocycles. The topological polar surface area (TPSA) is 68.7 Å². The lowest BCUT2D eigenvalue weighted by atomic mass is 10.2. The molecule has 0 atom stereocenters. The van der Waals surface area contributed by atoms with E-state index in [0.717, 1.165) is 20.3 Å². The SMILES string of the molecule is COC(=O)c1cc(O)c(OC)nc1C(F)F. The average Bonchev–Trinajstić information content (AvgIpc) is 2.27. The van der Waals surface area contributed by atoms with Crippen LogP contribution in [0.25, 0.3) is 0 Å². The third-order valence-electron chi connectivity index (χ3n) is 1.80. The Balaban J connectivity index is 3.36. The van der Waals surface area contributed by atoms with Crippen LogP contribution in [0.3, 0.4) is 0 Å². The van der Waals surface area contributed by atoms with Crippen LogP contribution < -0.4 is 4.74 Å². The number of methoxy groups -OCH3 is 2. The van der Waals surface area contributed by atoms with Crippen molar-refractivity contribution < 1.29 is 28.2 Å². The summed E-state index contributed by atoms with van der Waals surface area (Å²) in [6, 6.07) is 0.832. The molecule has 16 heavy (non-hydrogen) atoms. The van der Waals surface area contributed by atoms with E-state index in [4.69, 9.17) is 0 Å². The minimum Gasteiger partial charge on any atom is -0.503 e. The van der Waals surface area contributed by atoms with Gasteiger partial charge >= 0.3 is 5.97 Å². The summed E-state index contributed by atoms with van der Waals surface area (Å²) in [5, 5.41) is 9.30. The van der Waals surface area contributed by atoms with E-state index in [0.29, 0.717) is 0 Å². The number of alkyl halides is 2. The molecule has 0 fully saturated rings. The Morgan fingerprint density at radius 3 is 2.56 bits per heavy atom. The maximum atomic E-state index is 12.6. The highest BCUT2D eigenvalue weighted by Crippen LogP contribution is 2.30. The number of carbonyl (C=O) groups excluding carboxylic acids is 1. The quantitative estimate of drug-likeness (QED) is 0.801. The summed E-state index contributed by atoms with van der Waals surface area (Å²) in [5.41, 5.74) is -1.28. The van der Waals surface area contributed by atoms with Gasteiger partial charge in [0.1, 0.15) is 5.69 Å². The van der Waals surface area contributed by atoms with Gasteiger partial charge in [0, 0.05) is 6.07 Å². The zero-order valence-electron chi connectivity index (χ0n) is 8.53. The third-order valence-corrected chi connectivity index (χ3v) is 1.80. The molecule has 0 aliphatic heterocycles. The Labute approximate surface area is 89.6 Å². The van der Waals surface area contributed by atoms with Gasteiger partial charge in [-0.3, -0.25) is 0 Å². The van der Waals surface area contributed by atoms with Crippen LogP contribution in [-0.4, -0.2) is 30.3 Å². The highest BCUT2D eigenvalue weighted by Gasteiger charge is 2.24. The molecule has 88 valence electrons. The second-order valence-corrected chi connectivity index (χ2v) is 2.74. The van der Waals surface area contributed by atoms with Crippen molar-refractivity contribution in [3.8, 4) is 11.6 Å². The highest BCUT2D eigenvalue weighted by atomic mass is 19.3. The molecule has 1 N–H and O–H groups in total. The van der Waals surface area contributed by atoms with Gasteiger partial charge < -0.3 is 14.6 Å². The van der Waals surface area contributed by atoms with Crippen LogP contribution in [0, 0.1) is 0 Å². The number of aromatic hydroxyl groups is 1. The first-order chi connectivity index (χ1) is 7.51. The average molecular weight is 233 g/mol. The van der Waals surface area contributed by atoms with E-state index in [1.54, 1.807) is 0 Å². The predicted molar refractivity (Wildman–Crippen MR) is 48.8 cm³/mol.